The minimum absolute atomic E-state index is 0.180. The average Bonchev–Trinajstić information content (AvgIpc) is 3.26. The van der Waals surface area contributed by atoms with E-state index in [1.807, 2.05) is 30.3 Å². The number of aromatic amines is 1. The van der Waals surface area contributed by atoms with E-state index in [0.717, 1.165) is 39.9 Å². The molecule has 1 aromatic carbocycles. The van der Waals surface area contributed by atoms with Gasteiger partial charge in [0.15, 0.2) is 5.65 Å². The lowest BCUT2D eigenvalue weighted by atomic mass is 10.1. The maximum atomic E-state index is 11.4. The Balaban J connectivity index is 1.18. The molecule has 182 valence electrons. The molecule has 0 aliphatic carbocycles. The molecule has 11 heteroatoms. The zero-order valence-electron chi connectivity index (χ0n) is 18.9. The van der Waals surface area contributed by atoms with E-state index in [2.05, 4.69) is 36.2 Å². The van der Waals surface area contributed by atoms with Gasteiger partial charge in [-0.1, -0.05) is 0 Å². The van der Waals surface area contributed by atoms with Crippen LogP contribution in [0.5, 0.6) is 5.75 Å². The molecule has 0 radical (unpaired) electrons. The summed E-state index contributed by atoms with van der Waals surface area (Å²) in [5.41, 5.74) is 2.44. The molecule has 3 heterocycles. The van der Waals surface area contributed by atoms with E-state index in [9.17, 15) is 9.90 Å². The van der Waals surface area contributed by atoms with Gasteiger partial charge in [-0.3, -0.25) is 0 Å². The van der Waals surface area contributed by atoms with Crippen molar-refractivity contribution >= 4 is 33.2 Å². The van der Waals surface area contributed by atoms with E-state index < -0.39 is 12.3 Å². The van der Waals surface area contributed by atoms with Crippen molar-refractivity contribution < 1.29 is 24.2 Å². The molecule has 0 bridgehead atoms. The number of imidazole rings is 1. The molecule has 1 atom stereocenters. The number of aliphatic hydroxyl groups is 1. The Morgan fingerprint density at radius 2 is 2.09 bits per heavy atom. The zero-order chi connectivity index (χ0) is 23.9. The maximum absolute atomic E-state index is 11.4. The number of rotatable bonds is 9. The van der Waals surface area contributed by atoms with Crippen LogP contribution in [0.15, 0.2) is 41.0 Å². The first-order valence-electron chi connectivity index (χ1n) is 11.3. The Hall–Kier alpha value is -2.73. The number of hydrogen-bond donors (Lipinski definition) is 3. The van der Waals surface area contributed by atoms with Gasteiger partial charge in [0.25, 0.3) is 0 Å². The van der Waals surface area contributed by atoms with Gasteiger partial charge >= 0.3 is 6.16 Å². The Morgan fingerprint density at radius 1 is 1.32 bits per heavy atom. The highest BCUT2D eigenvalue weighted by atomic mass is 79.9. The molecule has 1 aliphatic heterocycles. The van der Waals surface area contributed by atoms with Gasteiger partial charge in [-0.2, -0.15) is 0 Å². The molecule has 0 amide bonds. The van der Waals surface area contributed by atoms with Crippen LogP contribution in [0.3, 0.4) is 0 Å². The molecular weight excluding hydrogens is 506 g/mol. The number of aliphatic hydroxyl groups excluding tert-OH is 1. The highest BCUT2D eigenvalue weighted by molar-refractivity contribution is 9.10. The van der Waals surface area contributed by atoms with Crippen LogP contribution in [0, 0.1) is 0 Å². The topological polar surface area (TPSA) is 122 Å². The molecule has 34 heavy (non-hydrogen) atoms. The highest BCUT2D eigenvalue weighted by Crippen LogP contribution is 2.23. The predicted octanol–water partition coefficient (Wildman–Crippen LogP) is 3.27. The number of pyridine rings is 1. The van der Waals surface area contributed by atoms with Gasteiger partial charge in [0.2, 0.25) is 0 Å². The Bertz CT molecular complexity index is 1090. The first-order chi connectivity index (χ1) is 16.5. The molecule has 2 aromatic heterocycles. The fourth-order valence-electron chi connectivity index (χ4n) is 3.67. The summed E-state index contributed by atoms with van der Waals surface area (Å²) in [6, 6.07) is 9.69. The smallest absolute Gasteiger partial charge is 0.491 e. The summed E-state index contributed by atoms with van der Waals surface area (Å²) in [5.74, 6) is 1.40. The lowest BCUT2D eigenvalue weighted by Crippen LogP contribution is -2.45. The van der Waals surface area contributed by atoms with Crippen molar-refractivity contribution in [2.75, 3.05) is 32.8 Å². The summed E-state index contributed by atoms with van der Waals surface area (Å²) in [6.45, 7) is 3.87. The number of piperidine rings is 1. The van der Waals surface area contributed by atoms with E-state index in [1.165, 1.54) is 0 Å². The van der Waals surface area contributed by atoms with Gasteiger partial charge in [-0.15, -0.1) is 5.06 Å². The molecule has 3 N–H and O–H groups in total. The average molecular weight is 534 g/mol. The van der Waals surface area contributed by atoms with Crippen LogP contribution in [0.2, 0.25) is 0 Å². The van der Waals surface area contributed by atoms with Crippen molar-refractivity contribution in [1.29, 1.82) is 0 Å². The second kappa shape index (κ2) is 11.6. The first-order valence-corrected chi connectivity index (χ1v) is 12.0. The largest absolute Gasteiger partial charge is 0.527 e. The summed E-state index contributed by atoms with van der Waals surface area (Å²) < 4.78 is 11.4. The molecule has 4 rings (SSSR count). The molecule has 0 spiro atoms. The molecule has 3 aromatic rings. The van der Waals surface area contributed by atoms with E-state index in [0.29, 0.717) is 25.4 Å². The van der Waals surface area contributed by atoms with Crippen LogP contribution >= 0.6 is 15.9 Å². The van der Waals surface area contributed by atoms with Crippen LogP contribution in [0.1, 0.15) is 19.8 Å². The number of carbonyl (C=O) groups is 1. The summed E-state index contributed by atoms with van der Waals surface area (Å²) in [4.78, 5) is 28.6. The van der Waals surface area contributed by atoms with Crippen molar-refractivity contribution in [3.63, 3.8) is 0 Å². The number of benzene rings is 1. The van der Waals surface area contributed by atoms with E-state index in [4.69, 9.17) is 14.3 Å². The molecule has 1 saturated heterocycles. The quantitative estimate of drug-likeness (QED) is 0.355. The van der Waals surface area contributed by atoms with Crippen LogP contribution in [0.25, 0.3) is 22.6 Å². The highest BCUT2D eigenvalue weighted by Gasteiger charge is 2.22. The van der Waals surface area contributed by atoms with Crippen LogP contribution in [0.4, 0.5) is 4.79 Å². The van der Waals surface area contributed by atoms with Gasteiger partial charge in [0.1, 0.15) is 29.8 Å². The van der Waals surface area contributed by atoms with Gasteiger partial charge in [0, 0.05) is 41.9 Å². The number of aromatic nitrogens is 3. The summed E-state index contributed by atoms with van der Waals surface area (Å²) in [5, 5.41) is 15.3. The Labute approximate surface area is 205 Å². The van der Waals surface area contributed by atoms with Crippen molar-refractivity contribution in [2.24, 2.45) is 0 Å². The van der Waals surface area contributed by atoms with Gasteiger partial charge in [-0.05, 0) is 66.0 Å². The second-order valence-corrected chi connectivity index (χ2v) is 8.90. The number of nitrogens with zero attached hydrogens (tertiary/aromatic N) is 3. The van der Waals surface area contributed by atoms with Crippen LogP contribution in [-0.2, 0) is 9.57 Å². The monoisotopic (exact) mass is 533 g/mol. The number of hydrogen-bond acceptors (Lipinski definition) is 9. The predicted molar refractivity (Wildman–Crippen MR) is 129 cm³/mol. The Kier molecular flexibility index (Phi) is 8.33. The molecule has 10 nitrogen and oxygen atoms in total. The lowest BCUT2D eigenvalue weighted by Gasteiger charge is -2.31. The van der Waals surface area contributed by atoms with E-state index in [-0.39, 0.29) is 19.3 Å². The third kappa shape index (κ3) is 6.66. The van der Waals surface area contributed by atoms with Gasteiger partial charge in [-0.25, -0.2) is 14.8 Å². The fourth-order valence-corrected chi connectivity index (χ4v) is 3.99. The van der Waals surface area contributed by atoms with Gasteiger partial charge in [0.05, 0.1) is 6.61 Å². The molecular formula is C23H28BrN5O5. The first kappa shape index (κ1) is 24.4. The van der Waals surface area contributed by atoms with E-state index in [1.54, 1.807) is 18.2 Å². The Morgan fingerprint density at radius 3 is 2.82 bits per heavy atom. The number of hydroxylamine groups is 2. The fraction of sp³-hybridized carbons (Fsp3) is 0.435. The third-order valence-corrected chi connectivity index (χ3v) is 5.87. The lowest BCUT2D eigenvalue weighted by molar-refractivity contribution is -0.139. The van der Waals surface area contributed by atoms with Crippen LogP contribution in [-0.4, -0.2) is 76.3 Å². The molecule has 1 fully saturated rings. The van der Waals surface area contributed by atoms with Crippen molar-refractivity contribution in [3.8, 4) is 17.1 Å². The summed E-state index contributed by atoms with van der Waals surface area (Å²) in [7, 11) is 0. The minimum Gasteiger partial charge on any atom is -0.491 e. The van der Waals surface area contributed by atoms with Crippen LogP contribution < -0.4 is 10.1 Å². The molecule has 0 saturated carbocycles. The molecule has 1 aliphatic rings. The van der Waals surface area contributed by atoms with Gasteiger partial charge < -0.3 is 29.7 Å². The molecule has 1 unspecified atom stereocenters. The standard InChI is InChI=1S/C23H28BrN5O5/c1-2-32-23(31)34-29-9-7-17(8-10-29)25-13-18(30)14-33-19-5-3-15(4-6-19)21-27-20-11-16(24)12-26-22(20)28-21/h3-6,11-12,17-18,25,30H,2,7-10,13-14H2,1H3,(H,26,27,28). The zero-order valence-corrected chi connectivity index (χ0v) is 20.5. The number of carbonyl (C=O) groups excluding carboxylic acids is 1. The minimum atomic E-state index is -0.669. The maximum Gasteiger partial charge on any atom is 0.527 e. The third-order valence-electron chi connectivity index (χ3n) is 5.44. The number of nitrogens with one attached hydrogen (secondary N) is 2. The number of halogens is 1. The van der Waals surface area contributed by atoms with Crippen molar-refractivity contribution in [1.82, 2.24) is 25.3 Å². The SMILES string of the molecule is CCOC(=O)ON1CCC(NCC(O)COc2ccc(-c3nc4cc(Br)cnc4[nH]3)cc2)CC1. The van der Waals surface area contributed by atoms with Crippen molar-refractivity contribution in [2.45, 2.75) is 31.9 Å². The van der Waals surface area contributed by atoms with E-state index >= 15 is 0 Å². The number of H-pyrrole nitrogens is 1. The number of ether oxygens (including phenoxy) is 2. The summed E-state index contributed by atoms with van der Waals surface area (Å²) in [6.07, 6.45) is 2.03. The normalized spacial score (nSPS) is 15.9. The summed E-state index contributed by atoms with van der Waals surface area (Å²) >= 11 is 3.40. The van der Waals surface area contributed by atoms with Crippen molar-refractivity contribution in [3.05, 3.63) is 41.0 Å². The number of fused-ring (bicyclic) bond motifs is 1. The second-order valence-electron chi connectivity index (χ2n) is 7.98.